The maximum Gasteiger partial charge on any atom is 0.255 e. The van der Waals surface area contributed by atoms with Crippen LogP contribution in [-0.2, 0) is 25.6 Å². The van der Waals surface area contributed by atoms with Crippen LogP contribution in [0, 0.1) is 11.8 Å². The minimum Gasteiger partial charge on any atom is -0.508 e. The third kappa shape index (κ3) is 3.04. The second kappa shape index (κ2) is 7.67. The molecule has 2 unspecified atom stereocenters. The van der Waals surface area contributed by atoms with Crippen molar-refractivity contribution in [2.24, 2.45) is 17.6 Å². The fourth-order valence-electron chi connectivity index (χ4n) is 5.51. The Morgan fingerprint density at radius 3 is 2.38 bits per heavy atom. The zero-order chi connectivity index (χ0) is 25.3. The first kappa shape index (κ1) is 23.5. The first-order valence-electron chi connectivity index (χ1n) is 10.6. The fourth-order valence-corrected chi connectivity index (χ4v) is 5.51. The lowest BCUT2D eigenvalue weighted by atomic mass is 9.57. The van der Waals surface area contributed by atoms with Crippen LogP contribution in [0.15, 0.2) is 29.0 Å². The molecule has 11 nitrogen and oxygen atoms in total. The summed E-state index contributed by atoms with van der Waals surface area (Å²) in [6.07, 6.45) is 0.197. The molecule has 0 aliphatic heterocycles. The van der Waals surface area contributed by atoms with E-state index in [1.807, 2.05) is 0 Å². The van der Waals surface area contributed by atoms with Gasteiger partial charge in [0.2, 0.25) is 11.7 Å². The molecule has 3 aliphatic carbocycles. The van der Waals surface area contributed by atoms with Gasteiger partial charge < -0.3 is 31.5 Å². The maximum absolute atomic E-state index is 13.7. The number of rotatable bonds is 3. The lowest BCUT2D eigenvalue weighted by Crippen LogP contribution is -2.65. The summed E-state index contributed by atoms with van der Waals surface area (Å²) in [6, 6.07) is 1.93. The van der Waals surface area contributed by atoms with Crippen LogP contribution in [0.1, 0.15) is 24.5 Å². The van der Waals surface area contributed by atoms with Crippen molar-refractivity contribution in [3.63, 3.8) is 0 Å². The molecule has 7 N–H and O–H groups in total. The number of hydrogen-bond donors (Lipinski definition) is 6. The number of primary amides is 1. The highest BCUT2D eigenvalue weighted by atomic mass is 16.3. The van der Waals surface area contributed by atoms with Gasteiger partial charge in [0.25, 0.3) is 5.91 Å². The van der Waals surface area contributed by atoms with Gasteiger partial charge in [0.1, 0.15) is 22.8 Å². The smallest absolute Gasteiger partial charge is 0.255 e. The quantitative estimate of drug-likeness (QED) is 0.259. The molecule has 1 aromatic rings. The van der Waals surface area contributed by atoms with Crippen molar-refractivity contribution in [3.05, 3.63) is 40.2 Å². The third-order valence-corrected chi connectivity index (χ3v) is 6.90. The SMILES string of the molecule is CC(=O)Nc1ccc2c(c1O)C(O)=C1C(=O)[C@]3(O)C(O)=C(C(N)=O)C(=O)[C@@H](N(C)C)C3CC1C2. The van der Waals surface area contributed by atoms with Gasteiger partial charge in [-0.05, 0) is 44.5 Å². The molecular weight excluding hydrogens is 446 g/mol. The molecule has 2 amide bonds. The van der Waals surface area contributed by atoms with Crippen LogP contribution in [0.2, 0.25) is 0 Å². The van der Waals surface area contributed by atoms with Crippen LogP contribution < -0.4 is 11.1 Å². The number of carbonyl (C=O) groups excluding carboxylic acids is 4. The molecule has 4 atom stereocenters. The zero-order valence-electron chi connectivity index (χ0n) is 18.7. The van der Waals surface area contributed by atoms with E-state index < -0.39 is 69.7 Å². The summed E-state index contributed by atoms with van der Waals surface area (Å²) in [5.41, 5.74) is 1.93. The van der Waals surface area contributed by atoms with E-state index in [0.29, 0.717) is 5.56 Å². The number of phenols is 1. The highest BCUT2D eigenvalue weighted by Crippen LogP contribution is 2.53. The normalized spacial score (nSPS) is 28.4. The van der Waals surface area contributed by atoms with Gasteiger partial charge in [-0.15, -0.1) is 0 Å². The largest absolute Gasteiger partial charge is 0.508 e. The lowest BCUT2D eigenvalue weighted by Gasteiger charge is -2.50. The van der Waals surface area contributed by atoms with Crippen LogP contribution in [0.5, 0.6) is 5.75 Å². The number of hydrogen-bond acceptors (Lipinski definition) is 9. The standard InChI is InChI=1S/C23H25N3O8/c1-8(27)25-12-5-4-9-6-10-7-11-16(26(2)3)19(30)15(22(24)33)21(32)23(11,34)20(31)14(10)18(29)13(9)17(12)28/h4-5,10-11,16,28-29,32,34H,6-7H2,1-3H3,(H2,24,33)(H,25,27)/t10?,11?,16-,23-/m0/s1. The number of likely N-dealkylation sites (N-methyl/N-ethyl adjacent to an activating group) is 1. The Hall–Kier alpha value is -3.70. The van der Waals surface area contributed by atoms with Crippen molar-refractivity contribution in [1.82, 2.24) is 4.90 Å². The molecule has 0 saturated heterocycles. The Kier molecular flexibility index (Phi) is 5.29. The van der Waals surface area contributed by atoms with E-state index in [0.717, 1.165) is 0 Å². The summed E-state index contributed by atoms with van der Waals surface area (Å²) < 4.78 is 0. The molecule has 0 heterocycles. The number of aliphatic hydroxyl groups excluding tert-OH is 2. The summed E-state index contributed by atoms with van der Waals surface area (Å²) in [5, 5.41) is 46.5. The molecule has 1 fully saturated rings. The van der Waals surface area contributed by atoms with Gasteiger partial charge in [-0.25, -0.2) is 0 Å². The zero-order valence-corrected chi connectivity index (χ0v) is 18.7. The van der Waals surface area contributed by atoms with Crippen molar-refractivity contribution in [3.8, 4) is 5.75 Å². The molecule has 34 heavy (non-hydrogen) atoms. The van der Waals surface area contributed by atoms with E-state index in [1.54, 1.807) is 6.07 Å². The summed E-state index contributed by atoms with van der Waals surface area (Å²) >= 11 is 0. The summed E-state index contributed by atoms with van der Waals surface area (Å²) in [4.78, 5) is 51.5. The van der Waals surface area contributed by atoms with Crippen molar-refractivity contribution in [2.45, 2.75) is 31.4 Å². The first-order chi connectivity index (χ1) is 15.8. The van der Waals surface area contributed by atoms with Crippen LogP contribution in [0.3, 0.4) is 0 Å². The molecule has 1 saturated carbocycles. The summed E-state index contributed by atoms with van der Waals surface area (Å²) in [5.74, 6) is -7.62. The van der Waals surface area contributed by atoms with Gasteiger partial charge in [-0.3, -0.25) is 24.1 Å². The van der Waals surface area contributed by atoms with Crippen LogP contribution in [-0.4, -0.2) is 74.4 Å². The monoisotopic (exact) mass is 471 g/mol. The van der Waals surface area contributed by atoms with Gasteiger partial charge in [0.15, 0.2) is 11.4 Å². The molecule has 3 aliphatic rings. The van der Waals surface area contributed by atoms with Gasteiger partial charge in [0.05, 0.1) is 17.3 Å². The maximum atomic E-state index is 13.7. The molecule has 11 heteroatoms. The van der Waals surface area contributed by atoms with Gasteiger partial charge in [0, 0.05) is 18.4 Å². The molecule has 180 valence electrons. The number of carbonyl (C=O) groups is 4. The number of aromatic hydroxyl groups is 1. The minimum absolute atomic E-state index is 0.0139. The highest BCUT2D eigenvalue weighted by molar-refractivity contribution is 6.24. The van der Waals surface area contributed by atoms with E-state index in [9.17, 15) is 39.6 Å². The van der Waals surface area contributed by atoms with Crippen molar-refractivity contribution < 1.29 is 39.6 Å². The fraction of sp³-hybridized carbons (Fsp3) is 0.391. The Labute approximate surface area is 194 Å². The van der Waals surface area contributed by atoms with E-state index in [-0.39, 0.29) is 29.7 Å². The Bertz CT molecular complexity index is 1230. The molecule has 1 aromatic carbocycles. The van der Waals surface area contributed by atoms with Crippen molar-refractivity contribution >= 4 is 34.8 Å². The van der Waals surface area contributed by atoms with E-state index >= 15 is 0 Å². The highest BCUT2D eigenvalue weighted by Gasteiger charge is 2.64. The van der Waals surface area contributed by atoms with Gasteiger partial charge >= 0.3 is 0 Å². The lowest BCUT2D eigenvalue weighted by molar-refractivity contribution is -0.153. The van der Waals surface area contributed by atoms with Gasteiger partial charge in [-0.2, -0.15) is 0 Å². The third-order valence-electron chi connectivity index (χ3n) is 6.90. The molecule has 0 aromatic heterocycles. The topological polar surface area (TPSA) is 190 Å². The second-order valence-corrected chi connectivity index (χ2v) is 9.14. The number of anilines is 1. The van der Waals surface area contributed by atoms with E-state index in [1.165, 1.54) is 32.0 Å². The Morgan fingerprint density at radius 2 is 1.82 bits per heavy atom. The van der Waals surface area contributed by atoms with Crippen molar-refractivity contribution in [1.29, 1.82) is 0 Å². The predicted molar refractivity (Wildman–Crippen MR) is 119 cm³/mol. The number of ketones is 2. The number of nitrogens with one attached hydrogen (secondary N) is 1. The van der Waals surface area contributed by atoms with Crippen LogP contribution in [0.25, 0.3) is 5.76 Å². The number of nitrogens with zero attached hydrogens (tertiary/aromatic N) is 1. The molecule has 4 rings (SSSR count). The number of amides is 2. The van der Waals surface area contributed by atoms with Crippen LogP contribution in [0.4, 0.5) is 5.69 Å². The van der Waals surface area contributed by atoms with Crippen LogP contribution >= 0.6 is 0 Å². The number of nitrogens with two attached hydrogens (primary N) is 1. The van der Waals surface area contributed by atoms with Crippen molar-refractivity contribution in [2.75, 3.05) is 19.4 Å². The number of benzene rings is 1. The van der Waals surface area contributed by atoms with Gasteiger partial charge in [-0.1, -0.05) is 6.07 Å². The second-order valence-electron chi connectivity index (χ2n) is 9.14. The Balaban J connectivity index is 1.94. The number of Topliss-reactive ketones (excluding diaryl/α,β-unsaturated/α-hetero) is 2. The summed E-state index contributed by atoms with van der Waals surface area (Å²) in [6.45, 7) is 1.24. The van der Waals surface area contributed by atoms with E-state index in [4.69, 9.17) is 5.73 Å². The summed E-state index contributed by atoms with van der Waals surface area (Å²) in [7, 11) is 3.07. The number of fused-ring (bicyclic) bond motifs is 3. The Morgan fingerprint density at radius 1 is 1.18 bits per heavy atom. The number of aliphatic hydroxyl groups is 3. The number of phenolic OH excluding ortho intramolecular Hbond substituents is 1. The minimum atomic E-state index is -2.69. The average Bonchev–Trinajstić information content (AvgIpc) is 2.72. The molecule has 0 spiro atoms. The first-order valence-corrected chi connectivity index (χ1v) is 10.6. The van der Waals surface area contributed by atoms with E-state index in [2.05, 4.69) is 5.32 Å². The average molecular weight is 471 g/mol. The molecular formula is C23H25N3O8. The molecule has 0 radical (unpaired) electrons. The predicted octanol–water partition coefficient (Wildman–Crippen LogP) is -0.0776. The molecule has 0 bridgehead atoms.